The van der Waals surface area contributed by atoms with Gasteiger partial charge in [0.25, 0.3) is 0 Å². The van der Waals surface area contributed by atoms with Crippen molar-refractivity contribution in [2.24, 2.45) is 10.3 Å². The molecule has 10 nitrogen and oxygen atoms in total. The van der Waals surface area contributed by atoms with Crippen molar-refractivity contribution in [1.82, 2.24) is 0 Å². The van der Waals surface area contributed by atoms with Crippen molar-refractivity contribution in [3.05, 3.63) is 47.5 Å². The molecule has 2 radical (unpaired) electrons. The van der Waals surface area contributed by atoms with Crippen molar-refractivity contribution < 1.29 is 73.7 Å². The van der Waals surface area contributed by atoms with Gasteiger partial charge in [0.15, 0.2) is 8.59 Å². The number of ether oxygens (including phenoxy) is 2. The molecule has 234 valence electrons. The molecule has 0 aliphatic carbocycles. The Balaban J connectivity index is -0.000000246. The van der Waals surface area contributed by atoms with E-state index in [1.165, 1.54) is 26.6 Å². The molecule has 40 heavy (non-hydrogen) atoms. The van der Waals surface area contributed by atoms with Gasteiger partial charge in [0.05, 0.1) is 26.6 Å². The number of benzene rings is 2. The van der Waals surface area contributed by atoms with Crippen LogP contribution in [0, 0.1) is 0 Å². The Kier molecular flexibility index (Phi) is 36.1. The first-order valence-corrected chi connectivity index (χ1v) is 12.7. The van der Waals surface area contributed by atoms with E-state index in [4.69, 9.17) is 79.1 Å². The summed E-state index contributed by atoms with van der Waals surface area (Å²) in [5.74, 6) is -0.00510. The zero-order valence-corrected chi connectivity index (χ0v) is 27.1. The topological polar surface area (TPSA) is 154 Å². The summed E-state index contributed by atoms with van der Waals surface area (Å²) in [6.45, 7) is -0.733. The van der Waals surface area contributed by atoms with Gasteiger partial charge in [0.1, 0.15) is 24.7 Å². The molecule has 0 amide bonds. The number of halogens is 6. The van der Waals surface area contributed by atoms with Crippen molar-refractivity contribution in [2.75, 3.05) is 40.6 Å². The van der Waals surface area contributed by atoms with E-state index in [-0.39, 0.29) is 83.6 Å². The average molecular weight is 784 g/mol. The standard InChI is InChI=1S/2C10H12NO4.2CHCl3.2Cu/c2*1-14-9-4-2-3-8(10(9)13)7-11-15-6-5-12;2*2-1(3)4;;/h2*2-4,7,13H,5-6H2,1H3;2*1H;;/q2*-1;;;2*+2/p-2/b2*11-7+;;;;. The summed E-state index contributed by atoms with van der Waals surface area (Å²) in [6, 6.07) is 9.67. The summed E-state index contributed by atoms with van der Waals surface area (Å²) in [5, 5.41) is 50.1. The van der Waals surface area contributed by atoms with Crippen LogP contribution in [0.15, 0.2) is 46.7 Å². The molecule has 2 rings (SSSR count). The minimum Gasteiger partial charge on any atom is -0.870 e. The summed E-state index contributed by atoms with van der Waals surface area (Å²) in [4.78, 5) is 9.18. The first-order chi connectivity index (χ1) is 18.0. The van der Waals surface area contributed by atoms with Crippen LogP contribution in [0.1, 0.15) is 11.1 Å². The molecule has 0 saturated heterocycles. The van der Waals surface area contributed by atoms with Crippen molar-refractivity contribution in [2.45, 2.75) is 8.59 Å². The van der Waals surface area contributed by atoms with Crippen molar-refractivity contribution >= 4 is 82.0 Å². The van der Waals surface area contributed by atoms with E-state index in [1.807, 2.05) is 0 Å². The molecule has 0 aliphatic heterocycles. The number of methoxy groups -OCH3 is 2. The van der Waals surface area contributed by atoms with E-state index in [2.05, 4.69) is 20.0 Å². The maximum Gasteiger partial charge on any atom is 2.00 e. The predicted molar refractivity (Wildman–Crippen MR) is 144 cm³/mol. The third kappa shape index (κ3) is 26.2. The second-order valence-electron chi connectivity index (χ2n) is 5.80. The zero-order valence-electron chi connectivity index (χ0n) is 20.6. The van der Waals surface area contributed by atoms with Crippen LogP contribution < -0.4 is 29.9 Å². The number of hydrogen-bond donors (Lipinski definition) is 0. The van der Waals surface area contributed by atoms with E-state index >= 15 is 0 Å². The van der Waals surface area contributed by atoms with Crippen LogP contribution in [0.2, 0.25) is 0 Å². The number of alkyl halides is 6. The van der Waals surface area contributed by atoms with Gasteiger partial charge in [-0.25, -0.2) is 0 Å². The van der Waals surface area contributed by atoms with Crippen LogP contribution in [0.5, 0.6) is 23.0 Å². The monoisotopic (exact) mass is 780 g/mol. The SMILES string of the molecule is COc1cccc(/C=N/OCC[O-])c1[O-].COc1cccc(/C=N/OCC[O-])c1[O-].ClC(Cl)Cl.ClC(Cl)Cl.[Cu+2].[Cu+2]. The molecule has 0 aliphatic rings. The molecule has 18 heteroatoms. The molecule has 0 N–H and O–H groups in total. The first-order valence-electron chi connectivity index (χ1n) is 10.0. The minimum absolute atomic E-state index is 0. The molecule has 0 aromatic heterocycles. The van der Waals surface area contributed by atoms with Crippen molar-refractivity contribution in [3.63, 3.8) is 0 Å². The van der Waals surface area contributed by atoms with Crippen LogP contribution in [-0.2, 0) is 43.8 Å². The maximum absolute atomic E-state index is 11.5. The van der Waals surface area contributed by atoms with Crippen LogP contribution in [0.25, 0.3) is 0 Å². The molecule has 2 aromatic carbocycles. The quantitative estimate of drug-likeness (QED) is 0.117. The largest absolute Gasteiger partial charge is 2.00 e. The summed E-state index contributed by atoms with van der Waals surface area (Å²) < 4.78 is 8.20. The Labute approximate surface area is 283 Å². The predicted octanol–water partition coefficient (Wildman–Crippen LogP) is 2.93. The van der Waals surface area contributed by atoms with Gasteiger partial charge in [0.2, 0.25) is 0 Å². The Morgan fingerprint density at radius 3 is 1.23 bits per heavy atom. The van der Waals surface area contributed by atoms with Gasteiger partial charge in [-0.15, -0.1) is 13.2 Å². The molecule has 0 spiro atoms. The Morgan fingerprint density at radius 2 is 0.975 bits per heavy atom. The fraction of sp³-hybridized carbons (Fsp3) is 0.364. The molecule has 2 aromatic rings. The van der Waals surface area contributed by atoms with Gasteiger partial charge in [-0.3, -0.25) is 0 Å². The van der Waals surface area contributed by atoms with Gasteiger partial charge in [0, 0.05) is 0 Å². The number of nitrogens with zero attached hydrogens (tertiary/aromatic N) is 2. The third-order valence-electron chi connectivity index (χ3n) is 3.34. The van der Waals surface area contributed by atoms with E-state index < -0.39 is 8.59 Å². The van der Waals surface area contributed by atoms with Gasteiger partial charge < -0.3 is 39.6 Å². The molecule has 0 saturated carbocycles. The van der Waals surface area contributed by atoms with Crippen LogP contribution in [0.4, 0.5) is 0 Å². The fourth-order valence-corrected chi connectivity index (χ4v) is 1.96. The number of hydrogen-bond acceptors (Lipinski definition) is 10. The molecular weight excluding hydrogens is 760 g/mol. The molecule has 0 bridgehead atoms. The van der Waals surface area contributed by atoms with Crippen LogP contribution >= 0.6 is 69.6 Å². The van der Waals surface area contributed by atoms with E-state index in [0.717, 1.165) is 0 Å². The zero-order chi connectivity index (χ0) is 29.3. The van der Waals surface area contributed by atoms with E-state index in [1.54, 1.807) is 36.4 Å². The number of oxime groups is 2. The number of para-hydroxylation sites is 2. The van der Waals surface area contributed by atoms with Gasteiger partial charge in [-0.05, 0) is 23.3 Å². The maximum atomic E-state index is 11.5. The second kappa shape index (κ2) is 31.2. The third-order valence-corrected chi connectivity index (χ3v) is 3.34. The fourth-order valence-electron chi connectivity index (χ4n) is 1.96. The summed E-state index contributed by atoms with van der Waals surface area (Å²) in [7, 11) is 2.84. The van der Waals surface area contributed by atoms with Gasteiger partial charge in [-0.2, -0.15) is 0 Å². The normalized spacial score (nSPS) is 9.70. The Morgan fingerprint density at radius 1 is 0.675 bits per heavy atom. The van der Waals surface area contributed by atoms with Gasteiger partial charge in [-0.1, -0.05) is 116 Å². The minimum atomic E-state index is -0.750. The molecule has 0 atom stereocenters. The van der Waals surface area contributed by atoms with E-state index in [9.17, 15) is 20.4 Å². The smallest absolute Gasteiger partial charge is 0.870 e. The molecule has 0 fully saturated rings. The molecule has 0 unspecified atom stereocenters. The van der Waals surface area contributed by atoms with Gasteiger partial charge >= 0.3 is 34.1 Å². The number of rotatable bonds is 10. The summed E-state index contributed by atoms with van der Waals surface area (Å²) in [6.07, 6.45) is 2.53. The van der Waals surface area contributed by atoms with E-state index in [0.29, 0.717) is 11.1 Å². The summed E-state index contributed by atoms with van der Waals surface area (Å²) >= 11 is 28.8. The van der Waals surface area contributed by atoms with Crippen molar-refractivity contribution in [3.8, 4) is 23.0 Å². The Hall–Kier alpha value is -0.721. The summed E-state index contributed by atoms with van der Waals surface area (Å²) in [5.41, 5.74) is 0.723. The molecule has 0 heterocycles. The first kappa shape index (κ1) is 46.2. The van der Waals surface area contributed by atoms with Crippen LogP contribution in [0.3, 0.4) is 0 Å². The average Bonchev–Trinajstić information content (AvgIpc) is 2.86. The molecular formula is C22H24Cl6Cu2N2O8. The van der Waals surface area contributed by atoms with Crippen molar-refractivity contribution in [1.29, 1.82) is 0 Å². The second-order valence-corrected chi connectivity index (χ2v) is 9.75. The van der Waals surface area contributed by atoms with Crippen LogP contribution in [-0.4, -0.2) is 61.7 Å². The Bertz CT molecular complexity index is 856.